The molecule has 0 aliphatic heterocycles. The number of carboxylic acid groups (broad SMARTS) is 1. The summed E-state index contributed by atoms with van der Waals surface area (Å²) >= 11 is 0. The van der Waals surface area contributed by atoms with Crippen LogP contribution in [-0.4, -0.2) is 30.8 Å². The van der Waals surface area contributed by atoms with Crippen LogP contribution in [-0.2, 0) is 4.79 Å². The molecule has 1 N–H and O–H groups in total. The Morgan fingerprint density at radius 3 is 2.89 bits per heavy atom. The third kappa shape index (κ3) is 2.57. The van der Waals surface area contributed by atoms with Crippen molar-refractivity contribution in [2.45, 2.75) is 13.0 Å². The number of benzene rings is 1. The zero-order chi connectivity index (χ0) is 14.0. The zero-order valence-electron chi connectivity index (χ0n) is 9.92. The van der Waals surface area contributed by atoms with Gasteiger partial charge in [0.2, 0.25) is 0 Å². The van der Waals surface area contributed by atoms with Crippen molar-refractivity contribution in [1.82, 2.24) is 14.8 Å². The van der Waals surface area contributed by atoms with Gasteiger partial charge in [-0.2, -0.15) is 5.10 Å². The molecule has 2 rings (SSSR count). The Balaban J connectivity index is 2.35. The maximum Gasteiger partial charge on any atom is 0.328 e. The summed E-state index contributed by atoms with van der Waals surface area (Å²) in [6, 6.07) is 5.00. The van der Waals surface area contributed by atoms with E-state index in [1.807, 2.05) is 0 Å². The molecule has 1 atom stereocenters. The van der Waals surface area contributed by atoms with E-state index < -0.39 is 16.9 Å². The number of rotatable bonds is 4. The van der Waals surface area contributed by atoms with Gasteiger partial charge in [0.05, 0.1) is 4.92 Å². The van der Waals surface area contributed by atoms with Gasteiger partial charge in [-0.15, -0.1) is 0 Å². The van der Waals surface area contributed by atoms with Crippen LogP contribution in [0, 0.1) is 10.1 Å². The first-order chi connectivity index (χ1) is 8.99. The maximum atomic E-state index is 10.8. The number of aliphatic carboxylic acids is 1. The number of hydrogen-bond donors (Lipinski definition) is 1. The summed E-state index contributed by atoms with van der Waals surface area (Å²) in [7, 11) is 0. The monoisotopic (exact) mass is 262 g/mol. The first kappa shape index (κ1) is 12.7. The number of non-ortho nitro benzene ring substituents is 1. The fourth-order valence-corrected chi connectivity index (χ4v) is 1.47. The predicted molar refractivity (Wildman–Crippen MR) is 64.5 cm³/mol. The standard InChI is InChI=1S/C11H10N4O4/c1-7(11(16)17)14-6-12-10(13-14)8-3-2-4-9(5-8)15(18)19/h2-7H,1H3,(H,16,17)/t7-/m1/s1. The summed E-state index contributed by atoms with van der Waals surface area (Å²) in [6.45, 7) is 1.47. The molecule has 0 fully saturated rings. The molecule has 1 heterocycles. The lowest BCUT2D eigenvalue weighted by atomic mass is 10.2. The van der Waals surface area contributed by atoms with Crippen LogP contribution in [0.4, 0.5) is 5.69 Å². The molecule has 1 aromatic carbocycles. The van der Waals surface area contributed by atoms with Gasteiger partial charge in [-0.25, -0.2) is 14.5 Å². The van der Waals surface area contributed by atoms with Crippen molar-refractivity contribution in [3.05, 3.63) is 40.7 Å². The van der Waals surface area contributed by atoms with Crippen LogP contribution in [0.15, 0.2) is 30.6 Å². The molecule has 0 bridgehead atoms. The molecular formula is C11H10N4O4. The van der Waals surface area contributed by atoms with Gasteiger partial charge >= 0.3 is 5.97 Å². The second-order valence-electron chi connectivity index (χ2n) is 3.87. The molecular weight excluding hydrogens is 252 g/mol. The summed E-state index contributed by atoms with van der Waals surface area (Å²) in [5.74, 6) is -0.785. The smallest absolute Gasteiger partial charge is 0.328 e. The van der Waals surface area contributed by atoms with E-state index in [-0.39, 0.29) is 11.5 Å². The number of carboxylic acids is 1. The molecule has 0 unspecified atom stereocenters. The van der Waals surface area contributed by atoms with Gasteiger partial charge in [-0.05, 0) is 6.92 Å². The van der Waals surface area contributed by atoms with Crippen LogP contribution in [0.25, 0.3) is 11.4 Å². The maximum absolute atomic E-state index is 10.8. The fourth-order valence-electron chi connectivity index (χ4n) is 1.47. The van der Waals surface area contributed by atoms with Gasteiger partial charge in [-0.3, -0.25) is 10.1 Å². The lowest BCUT2D eigenvalue weighted by Crippen LogP contribution is -2.15. The fraction of sp³-hybridized carbons (Fsp3) is 0.182. The number of hydrogen-bond acceptors (Lipinski definition) is 5. The average Bonchev–Trinajstić information content (AvgIpc) is 2.87. The molecule has 19 heavy (non-hydrogen) atoms. The van der Waals surface area contributed by atoms with Crippen LogP contribution in [0.2, 0.25) is 0 Å². The van der Waals surface area contributed by atoms with Gasteiger partial charge in [0.25, 0.3) is 5.69 Å². The lowest BCUT2D eigenvalue weighted by Gasteiger charge is -2.04. The highest BCUT2D eigenvalue weighted by atomic mass is 16.6. The largest absolute Gasteiger partial charge is 0.480 e. The average molecular weight is 262 g/mol. The number of nitro benzene ring substituents is 1. The van der Waals surface area contributed by atoms with E-state index >= 15 is 0 Å². The lowest BCUT2D eigenvalue weighted by molar-refractivity contribution is -0.384. The van der Waals surface area contributed by atoms with Crippen LogP contribution in [0.5, 0.6) is 0 Å². The Bertz CT molecular complexity index is 637. The minimum Gasteiger partial charge on any atom is -0.480 e. The Hall–Kier alpha value is -2.77. The highest BCUT2D eigenvalue weighted by molar-refractivity contribution is 5.71. The van der Waals surface area contributed by atoms with E-state index in [0.717, 1.165) is 0 Å². The van der Waals surface area contributed by atoms with Crippen LogP contribution < -0.4 is 0 Å². The SMILES string of the molecule is C[C@H](C(=O)O)n1cnc(-c2cccc([N+](=O)[O-])c2)n1. The Morgan fingerprint density at radius 1 is 1.53 bits per heavy atom. The van der Waals surface area contributed by atoms with Crippen LogP contribution >= 0.6 is 0 Å². The van der Waals surface area contributed by atoms with Gasteiger partial charge in [0, 0.05) is 17.7 Å². The van der Waals surface area contributed by atoms with Crippen molar-refractivity contribution in [1.29, 1.82) is 0 Å². The molecule has 1 aromatic heterocycles. The quantitative estimate of drug-likeness (QED) is 0.660. The molecule has 0 radical (unpaired) electrons. The van der Waals surface area contributed by atoms with E-state index in [0.29, 0.717) is 5.56 Å². The summed E-state index contributed by atoms with van der Waals surface area (Å²) in [4.78, 5) is 24.9. The van der Waals surface area contributed by atoms with Crippen molar-refractivity contribution in [3.8, 4) is 11.4 Å². The van der Waals surface area contributed by atoms with Crippen LogP contribution in [0.3, 0.4) is 0 Å². The molecule has 0 amide bonds. The third-order valence-electron chi connectivity index (χ3n) is 2.58. The molecule has 0 saturated carbocycles. The minimum absolute atomic E-state index is 0.0693. The molecule has 98 valence electrons. The van der Waals surface area contributed by atoms with Crippen LogP contribution in [0.1, 0.15) is 13.0 Å². The highest BCUT2D eigenvalue weighted by Gasteiger charge is 2.16. The minimum atomic E-state index is -1.03. The molecule has 2 aromatic rings. The van der Waals surface area contributed by atoms with Gasteiger partial charge < -0.3 is 5.11 Å². The summed E-state index contributed by atoms with van der Waals surface area (Å²) in [5.41, 5.74) is 0.394. The van der Waals surface area contributed by atoms with E-state index in [1.54, 1.807) is 6.07 Å². The number of nitro groups is 1. The van der Waals surface area contributed by atoms with Crippen molar-refractivity contribution >= 4 is 11.7 Å². The van der Waals surface area contributed by atoms with Crippen molar-refractivity contribution < 1.29 is 14.8 Å². The van der Waals surface area contributed by atoms with Crippen molar-refractivity contribution in [3.63, 3.8) is 0 Å². The normalized spacial score (nSPS) is 12.1. The summed E-state index contributed by atoms with van der Waals surface area (Å²) in [5, 5.41) is 23.5. The molecule has 0 aliphatic carbocycles. The van der Waals surface area contributed by atoms with Gasteiger partial charge in [-0.1, -0.05) is 12.1 Å². The molecule has 8 nitrogen and oxygen atoms in total. The number of nitrogens with zero attached hydrogens (tertiary/aromatic N) is 4. The number of aromatic nitrogens is 3. The summed E-state index contributed by atoms with van der Waals surface area (Å²) < 4.78 is 1.19. The van der Waals surface area contributed by atoms with Crippen molar-refractivity contribution in [2.24, 2.45) is 0 Å². The third-order valence-corrected chi connectivity index (χ3v) is 2.58. The number of carbonyl (C=O) groups is 1. The summed E-state index contributed by atoms with van der Waals surface area (Å²) in [6.07, 6.45) is 1.28. The Morgan fingerprint density at radius 2 is 2.26 bits per heavy atom. The van der Waals surface area contributed by atoms with Gasteiger partial charge in [0.15, 0.2) is 5.82 Å². The second kappa shape index (κ2) is 4.84. The Kier molecular flexibility index (Phi) is 3.23. The molecule has 8 heteroatoms. The Labute approximate surface area is 107 Å². The topological polar surface area (TPSA) is 111 Å². The van der Waals surface area contributed by atoms with E-state index in [9.17, 15) is 14.9 Å². The zero-order valence-corrected chi connectivity index (χ0v) is 9.92. The van der Waals surface area contributed by atoms with E-state index in [2.05, 4.69) is 10.1 Å². The highest BCUT2D eigenvalue weighted by Crippen LogP contribution is 2.21. The first-order valence-electron chi connectivity index (χ1n) is 5.38. The van der Waals surface area contributed by atoms with E-state index in [1.165, 1.54) is 36.1 Å². The van der Waals surface area contributed by atoms with E-state index in [4.69, 9.17) is 5.11 Å². The molecule has 0 aliphatic rings. The van der Waals surface area contributed by atoms with Gasteiger partial charge in [0.1, 0.15) is 12.4 Å². The van der Waals surface area contributed by atoms with Crippen molar-refractivity contribution in [2.75, 3.05) is 0 Å². The predicted octanol–water partition coefficient (Wildman–Crippen LogP) is 1.50. The molecule has 0 saturated heterocycles. The first-order valence-corrected chi connectivity index (χ1v) is 5.38. The second-order valence-corrected chi connectivity index (χ2v) is 3.87. The molecule has 0 spiro atoms.